The minimum Gasteiger partial charge on any atom is -0.396 e. The van der Waals surface area contributed by atoms with E-state index in [4.69, 9.17) is 4.74 Å². The largest absolute Gasteiger partial charge is 0.396 e. The van der Waals surface area contributed by atoms with Crippen LogP contribution in [0.5, 0.6) is 0 Å². The molecule has 2 rings (SSSR count). The van der Waals surface area contributed by atoms with Crippen molar-refractivity contribution in [2.45, 2.75) is 89.3 Å². The highest BCUT2D eigenvalue weighted by Crippen LogP contribution is 2.38. The Bertz CT molecular complexity index is 292. The van der Waals surface area contributed by atoms with Crippen LogP contribution in [0.1, 0.15) is 77.0 Å². The van der Waals surface area contributed by atoms with Crippen molar-refractivity contribution in [3.05, 3.63) is 0 Å². The molecule has 0 spiro atoms. The van der Waals surface area contributed by atoms with E-state index < -0.39 is 5.41 Å². The zero-order valence-electron chi connectivity index (χ0n) is 14.6. The number of rotatable bonds is 7. The second-order valence-corrected chi connectivity index (χ2v) is 7.76. The maximum absolute atomic E-state index is 9.93. The lowest BCUT2D eigenvalue weighted by atomic mass is 9.75. The monoisotopic (exact) mass is 328 g/mol. The minimum absolute atomic E-state index is 0.214. The summed E-state index contributed by atoms with van der Waals surface area (Å²) in [5.74, 6) is 0.340. The van der Waals surface area contributed by atoms with Gasteiger partial charge in [-0.15, -0.1) is 0 Å². The normalized spacial score (nSPS) is 24.1. The molecule has 0 radical (unpaired) electrons. The molecular weight excluding hydrogens is 292 g/mol. The lowest BCUT2D eigenvalue weighted by Crippen LogP contribution is -2.51. The van der Waals surface area contributed by atoms with Gasteiger partial charge in [-0.2, -0.15) is 0 Å². The molecule has 1 unspecified atom stereocenters. The van der Waals surface area contributed by atoms with Gasteiger partial charge < -0.3 is 20.1 Å². The van der Waals surface area contributed by atoms with Gasteiger partial charge >= 0.3 is 0 Å². The summed E-state index contributed by atoms with van der Waals surface area (Å²) < 4.78 is 6.52. The predicted molar refractivity (Wildman–Crippen MR) is 91.2 cm³/mol. The molecule has 0 amide bonds. The molecule has 0 heterocycles. The molecule has 1 atom stereocenters. The van der Waals surface area contributed by atoms with Crippen LogP contribution in [0.4, 0.5) is 0 Å². The lowest BCUT2D eigenvalue weighted by molar-refractivity contribution is -0.163. The van der Waals surface area contributed by atoms with E-state index >= 15 is 0 Å². The van der Waals surface area contributed by atoms with Crippen molar-refractivity contribution in [3.63, 3.8) is 0 Å². The van der Waals surface area contributed by atoms with Crippen LogP contribution in [-0.2, 0) is 4.74 Å². The van der Waals surface area contributed by atoms with Crippen molar-refractivity contribution in [1.82, 2.24) is 0 Å². The molecule has 136 valence electrons. The summed E-state index contributed by atoms with van der Waals surface area (Å²) in [6.07, 6.45) is 14.1. The van der Waals surface area contributed by atoms with Gasteiger partial charge in [-0.05, 0) is 31.6 Å². The fourth-order valence-electron chi connectivity index (χ4n) is 4.37. The summed E-state index contributed by atoms with van der Waals surface area (Å²) in [4.78, 5) is 0. The number of hydrogen-bond donors (Lipinski definition) is 3. The molecule has 0 aromatic rings. The highest BCUT2D eigenvalue weighted by Gasteiger charge is 2.44. The Hall–Kier alpha value is -0.160. The zero-order chi connectivity index (χ0) is 16.5. The van der Waals surface area contributed by atoms with Gasteiger partial charge in [-0.3, -0.25) is 0 Å². The smallest absolute Gasteiger partial charge is 0.0729 e. The van der Waals surface area contributed by atoms with Crippen molar-refractivity contribution < 1.29 is 20.1 Å². The first kappa shape index (κ1) is 19.2. The molecule has 4 nitrogen and oxygen atoms in total. The third-order valence-corrected chi connectivity index (χ3v) is 6.02. The molecule has 0 aromatic carbocycles. The fraction of sp³-hybridized carbons (Fsp3) is 1.00. The maximum atomic E-state index is 9.93. The molecule has 2 aliphatic rings. The van der Waals surface area contributed by atoms with Crippen molar-refractivity contribution in [2.75, 3.05) is 19.8 Å². The third-order valence-electron chi connectivity index (χ3n) is 6.02. The van der Waals surface area contributed by atoms with E-state index in [1.165, 1.54) is 51.4 Å². The van der Waals surface area contributed by atoms with Gasteiger partial charge in [0.2, 0.25) is 0 Å². The van der Waals surface area contributed by atoms with E-state index in [9.17, 15) is 15.3 Å². The summed E-state index contributed by atoms with van der Waals surface area (Å²) in [5.41, 5.74) is -0.915. The van der Waals surface area contributed by atoms with E-state index in [-0.39, 0.29) is 32.0 Å². The Balaban J connectivity index is 2.14. The Morgan fingerprint density at radius 2 is 1.13 bits per heavy atom. The molecule has 23 heavy (non-hydrogen) atoms. The first-order valence-corrected chi connectivity index (χ1v) is 9.74. The van der Waals surface area contributed by atoms with Crippen molar-refractivity contribution in [1.29, 1.82) is 0 Å². The summed E-state index contributed by atoms with van der Waals surface area (Å²) in [6, 6.07) is 0. The molecule has 0 aliphatic heterocycles. The average Bonchev–Trinajstić information content (AvgIpc) is 3.00. The van der Waals surface area contributed by atoms with Crippen molar-refractivity contribution >= 4 is 0 Å². The van der Waals surface area contributed by atoms with Gasteiger partial charge in [0, 0.05) is 0 Å². The quantitative estimate of drug-likeness (QED) is 0.628. The van der Waals surface area contributed by atoms with Crippen LogP contribution in [0.15, 0.2) is 0 Å². The van der Waals surface area contributed by atoms with Crippen LogP contribution in [-0.4, -0.2) is 47.3 Å². The number of hydrogen-bond acceptors (Lipinski definition) is 4. The van der Waals surface area contributed by atoms with Gasteiger partial charge in [0.15, 0.2) is 0 Å². The Kier molecular flexibility index (Phi) is 8.31. The second kappa shape index (κ2) is 9.97. The van der Waals surface area contributed by atoms with Crippen LogP contribution in [0, 0.1) is 11.3 Å². The van der Waals surface area contributed by atoms with Gasteiger partial charge in [0.1, 0.15) is 0 Å². The van der Waals surface area contributed by atoms with E-state index in [2.05, 4.69) is 0 Å². The summed E-state index contributed by atoms with van der Waals surface area (Å²) >= 11 is 0. The number of aliphatic hydroxyl groups excluding tert-OH is 3. The molecular formula is C19H36O4. The van der Waals surface area contributed by atoms with E-state index in [0.717, 1.165) is 25.7 Å². The lowest BCUT2D eigenvalue weighted by Gasteiger charge is -2.42. The fourth-order valence-corrected chi connectivity index (χ4v) is 4.37. The van der Waals surface area contributed by atoms with Crippen molar-refractivity contribution in [3.8, 4) is 0 Å². The highest BCUT2D eigenvalue weighted by molar-refractivity contribution is 4.92. The average molecular weight is 328 g/mol. The van der Waals surface area contributed by atoms with E-state index in [0.29, 0.717) is 5.92 Å². The van der Waals surface area contributed by atoms with E-state index in [1.54, 1.807) is 0 Å². The first-order valence-electron chi connectivity index (χ1n) is 9.74. The summed E-state index contributed by atoms with van der Waals surface area (Å²) in [6.45, 7) is -0.643. The molecule has 0 saturated heterocycles. The van der Waals surface area contributed by atoms with Crippen LogP contribution in [0.25, 0.3) is 0 Å². The predicted octanol–water partition coefficient (Wildman–Crippen LogP) is 3.03. The number of ether oxygens (including phenoxy) is 1. The van der Waals surface area contributed by atoms with Crippen LogP contribution >= 0.6 is 0 Å². The SMILES string of the molecule is OCC(CO)(CO)C(OC1CCCCCC1)C1CCCCCC1. The van der Waals surface area contributed by atoms with E-state index in [1.807, 2.05) is 0 Å². The molecule has 2 fully saturated rings. The first-order chi connectivity index (χ1) is 11.3. The summed E-state index contributed by atoms with van der Waals surface area (Å²) in [5, 5.41) is 29.8. The molecule has 3 N–H and O–H groups in total. The second-order valence-electron chi connectivity index (χ2n) is 7.76. The standard InChI is InChI=1S/C19H36O4/c20-13-19(14-21,15-22)18(16-9-5-1-2-6-10-16)23-17-11-7-3-4-8-12-17/h16-18,20-22H,1-15H2. The van der Waals surface area contributed by atoms with Crippen LogP contribution in [0.3, 0.4) is 0 Å². The molecule has 2 saturated carbocycles. The van der Waals surface area contributed by atoms with Gasteiger partial charge in [0.25, 0.3) is 0 Å². The Morgan fingerprint density at radius 3 is 1.57 bits per heavy atom. The Morgan fingerprint density at radius 1 is 0.696 bits per heavy atom. The van der Waals surface area contributed by atoms with Gasteiger partial charge in [-0.1, -0.05) is 51.4 Å². The third kappa shape index (κ3) is 5.15. The topological polar surface area (TPSA) is 69.9 Å². The van der Waals surface area contributed by atoms with Crippen molar-refractivity contribution in [2.24, 2.45) is 11.3 Å². The van der Waals surface area contributed by atoms with Gasteiger partial charge in [0.05, 0.1) is 37.4 Å². The number of aliphatic hydroxyl groups is 3. The highest BCUT2D eigenvalue weighted by atomic mass is 16.5. The molecule has 2 aliphatic carbocycles. The van der Waals surface area contributed by atoms with Crippen LogP contribution in [0.2, 0.25) is 0 Å². The Labute approximate surface area is 141 Å². The molecule has 0 bridgehead atoms. The molecule has 4 heteroatoms. The van der Waals surface area contributed by atoms with Gasteiger partial charge in [-0.25, -0.2) is 0 Å². The summed E-state index contributed by atoms with van der Waals surface area (Å²) in [7, 11) is 0. The maximum Gasteiger partial charge on any atom is 0.0729 e. The molecule has 0 aromatic heterocycles. The zero-order valence-corrected chi connectivity index (χ0v) is 14.6. The minimum atomic E-state index is -0.915. The van der Waals surface area contributed by atoms with Crippen LogP contribution < -0.4 is 0 Å².